The Morgan fingerprint density at radius 2 is 1.33 bits per heavy atom. The minimum absolute atomic E-state index is 0.678. The first-order chi connectivity index (χ1) is 19.3. The number of hydrogen-bond acceptors (Lipinski definition) is 0. The van der Waals surface area contributed by atoms with Gasteiger partial charge < -0.3 is 9.13 Å². The number of nitrogens with zero attached hydrogens (tertiary/aromatic N) is 2. The van der Waals surface area contributed by atoms with E-state index in [0.717, 1.165) is 22.5 Å². The fourth-order valence-electron chi connectivity index (χ4n) is 6.80. The Kier molecular flexibility index (Phi) is 4.18. The van der Waals surface area contributed by atoms with Gasteiger partial charge in [0.25, 0.3) is 0 Å². The van der Waals surface area contributed by atoms with Crippen LogP contribution >= 0.6 is 0 Å². The van der Waals surface area contributed by atoms with Crippen LogP contribution in [0, 0.1) is 18.1 Å². The molecule has 2 atom stereocenters. The van der Waals surface area contributed by atoms with Crippen LogP contribution in [0.25, 0.3) is 61.3 Å². The zero-order valence-corrected chi connectivity index (χ0v) is 21.3. The number of aromatic nitrogens is 2. The number of hydrogen-bond donors (Lipinski definition) is 0. The van der Waals surface area contributed by atoms with Crippen LogP contribution in [-0.4, -0.2) is 9.13 Å². The highest BCUT2D eigenvalue weighted by Crippen LogP contribution is 2.55. The van der Waals surface area contributed by atoms with Crippen molar-refractivity contribution in [1.29, 1.82) is 0 Å². The molecule has 0 bridgehead atoms. The molecule has 0 radical (unpaired) electrons. The lowest BCUT2D eigenvalue weighted by Gasteiger charge is -2.14. The predicted octanol–water partition coefficient (Wildman–Crippen LogP) is 9.13. The molecule has 2 aromatic heterocycles. The fraction of sp³-hybridized carbons (Fsp3) is 0.0811. The average Bonchev–Trinajstić information content (AvgIpc) is 3.61. The molecule has 7 aromatic rings. The minimum Gasteiger partial charge on any atom is -0.310 e. The minimum atomic E-state index is 0.678. The molecule has 2 aliphatic rings. The summed E-state index contributed by atoms with van der Waals surface area (Å²) in [5.74, 6) is 1.40. The molecule has 9 rings (SSSR count). The van der Waals surface area contributed by atoms with Crippen molar-refractivity contribution in [3.63, 3.8) is 0 Å². The van der Waals surface area contributed by atoms with E-state index in [-0.39, 0.29) is 0 Å². The van der Waals surface area contributed by atoms with Crippen LogP contribution in [0.4, 0.5) is 0 Å². The molecule has 2 nitrogen and oxygen atoms in total. The van der Waals surface area contributed by atoms with Crippen molar-refractivity contribution in [3.05, 3.63) is 139 Å². The molecule has 0 aliphatic heterocycles. The van der Waals surface area contributed by atoms with Gasteiger partial charge in [0.05, 0.1) is 27.6 Å². The highest BCUT2D eigenvalue weighted by molar-refractivity contribution is 6.08. The summed E-state index contributed by atoms with van der Waals surface area (Å²) in [6.45, 7) is 0. The molecule has 2 aliphatic carbocycles. The third-order valence-electron chi connectivity index (χ3n) is 8.64. The molecule has 39 heavy (non-hydrogen) atoms. The summed E-state index contributed by atoms with van der Waals surface area (Å²) in [5.41, 5.74) is 11.3. The summed E-state index contributed by atoms with van der Waals surface area (Å²) in [6, 6.07) is 45.9. The Hall–Kier alpha value is -5.00. The van der Waals surface area contributed by atoms with Gasteiger partial charge in [0.2, 0.25) is 0 Å². The topological polar surface area (TPSA) is 9.86 Å². The number of fused-ring (bicyclic) bond motifs is 8. The van der Waals surface area contributed by atoms with E-state index in [1.807, 2.05) is 6.07 Å². The summed E-state index contributed by atoms with van der Waals surface area (Å²) >= 11 is 0. The van der Waals surface area contributed by atoms with Crippen molar-refractivity contribution in [1.82, 2.24) is 9.13 Å². The van der Waals surface area contributed by atoms with E-state index < -0.39 is 0 Å². The van der Waals surface area contributed by atoms with Crippen LogP contribution in [0.5, 0.6) is 0 Å². The molecule has 0 N–H and O–H groups in total. The Morgan fingerprint density at radius 1 is 0.641 bits per heavy atom. The summed E-state index contributed by atoms with van der Waals surface area (Å²) < 4.78 is 4.80. The SMILES string of the molecule is c1ccc2c(c#1)c1ccccc1n2-c1cccc(-c2cccc(-n3c4c(c5ccccc53)C3CC3C=C4)c2)c1. The lowest BCUT2D eigenvalue weighted by atomic mass is 10.0. The van der Waals surface area contributed by atoms with E-state index in [2.05, 4.69) is 137 Å². The number of rotatable bonds is 3. The van der Waals surface area contributed by atoms with Crippen molar-refractivity contribution in [2.45, 2.75) is 12.3 Å². The van der Waals surface area contributed by atoms with Crippen LogP contribution in [0.15, 0.2) is 115 Å². The number of allylic oxidation sites excluding steroid dienone is 1. The van der Waals surface area contributed by atoms with E-state index in [9.17, 15) is 0 Å². The lowest BCUT2D eigenvalue weighted by molar-refractivity contribution is 0.976. The first kappa shape index (κ1) is 21.0. The molecule has 1 saturated carbocycles. The number of para-hydroxylation sites is 2. The summed E-state index contributed by atoms with van der Waals surface area (Å²) in [4.78, 5) is 0. The van der Waals surface area contributed by atoms with Gasteiger partial charge in [0.1, 0.15) is 0 Å². The summed E-state index contributed by atoms with van der Waals surface area (Å²) in [6.07, 6.45) is 6.05. The molecule has 2 heterocycles. The van der Waals surface area contributed by atoms with Crippen LogP contribution in [0.1, 0.15) is 23.6 Å². The second kappa shape index (κ2) is 7.76. The monoisotopic (exact) mass is 496 g/mol. The van der Waals surface area contributed by atoms with Gasteiger partial charge in [-0.3, -0.25) is 0 Å². The molecule has 2 heteroatoms. The second-order valence-corrected chi connectivity index (χ2v) is 10.8. The van der Waals surface area contributed by atoms with Crippen molar-refractivity contribution >= 4 is 38.8 Å². The smallest absolute Gasteiger partial charge is 0.0631 e. The summed E-state index contributed by atoms with van der Waals surface area (Å²) in [5, 5.41) is 3.71. The van der Waals surface area contributed by atoms with Gasteiger partial charge in [-0.1, -0.05) is 78.9 Å². The normalized spacial score (nSPS) is 17.3. The van der Waals surface area contributed by atoms with Gasteiger partial charge in [-0.25, -0.2) is 0 Å². The fourth-order valence-corrected chi connectivity index (χ4v) is 6.80. The van der Waals surface area contributed by atoms with Gasteiger partial charge in [-0.05, 0) is 89.6 Å². The lowest BCUT2D eigenvalue weighted by Crippen LogP contribution is -2.00. The molecule has 182 valence electrons. The van der Waals surface area contributed by atoms with Gasteiger partial charge in [-0.15, -0.1) is 0 Å². The average molecular weight is 497 g/mol. The molecule has 0 amide bonds. The third kappa shape index (κ3) is 2.99. The van der Waals surface area contributed by atoms with E-state index >= 15 is 0 Å². The highest BCUT2D eigenvalue weighted by atomic mass is 15.0. The largest absolute Gasteiger partial charge is 0.310 e. The van der Waals surface area contributed by atoms with Crippen molar-refractivity contribution in [2.75, 3.05) is 0 Å². The van der Waals surface area contributed by atoms with Crippen LogP contribution in [0.3, 0.4) is 0 Å². The third-order valence-corrected chi connectivity index (χ3v) is 8.64. The zero-order valence-electron chi connectivity index (χ0n) is 21.3. The zero-order chi connectivity index (χ0) is 25.5. The molecular weight excluding hydrogens is 472 g/mol. The highest BCUT2D eigenvalue weighted by Gasteiger charge is 2.42. The Labute approximate surface area is 227 Å². The Balaban J connectivity index is 1.22. The number of benzene rings is 4. The van der Waals surface area contributed by atoms with Crippen LogP contribution in [-0.2, 0) is 0 Å². The van der Waals surface area contributed by atoms with E-state index in [4.69, 9.17) is 0 Å². The van der Waals surface area contributed by atoms with Crippen LogP contribution < -0.4 is 0 Å². The molecule has 5 aromatic carbocycles. The molecule has 2 unspecified atom stereocenters. The summed E-state index contributed by atoms with van der Waals surface area (Å²) in [7, 11) is 0. The van der Waals surface area contributed by atoms with Crippen LogP contribution in [0.2, 0.25) is 0 Å². The first-order valence-corrected chi connectivity index (χ1v) is 13.7. The van der Waals surface area contributed by atoms with E-state index in [1.54, 1.807) is 0 Å². The molecular formula is C37H24N2. The predicted molar refractivity (Wildman–Crippen MR) is 161 cm³/mol. The second-order valence-electron chi connectivity index (χ2n) is 10.8. The van der Waals surface area contributed by atoms with Gasteiger partial charge in [0.15, 0.2) is 0 Å². The van der Waals surface area contributed by atoms with Gasteiger partial charge in [-0.2, -0.15) is 0 Å². The quantitative estimate of drug-likeness (QED) is 0.231. The standard InChI is InChI=1S/C37H24N2/c1-4-16-33-29(13-1)30-14-2-5-17-34(30)38(33)27-11-7-9-24(21-27)25-10-8-12-28(22-25)39-35-18-6-3-15-31(35)37-32-23-26(32)19-20-36(37)39/h1,3-13,15-22,26,32H,23H2. The van der Waals surface area contributed by atoms with Gasteiger partial charge in [0, 0.05) is 22.1 Å². The maximum Gasteiger partial charge on any atom is 0.0631 e. The van der Waals surface area contributed by atoms with Crippen molar-refractivity contribution in [3.8, 4) is 22.5 Å². The van der Waals surface area contributed by atoms with E-state index in [1.165, 1.54) is 56.3 Å². The van der Waals surface area contributed by atoms with Gasteiger partial charge >= 0.3 is 0 Å². The van der Waals surface area contributed by atoms with Crippen molar-refractivity contribution < 1.29 is 0 Å². The molecule has 0 spiro atoms. The maximum absolute atomic E-state index is 3.34. The Morgan fingerprint density at radius 3 is 2.13 bits per heavy atom. The maximum atomic E-state index is 3.34. The Bertz CT molecular complexity index is 2070. The van der Waals surface area contributed by atoms with Crippen molar-refractivity contribution in [2.24, 2.45) is 5.92 Å². The first-order valence-electron chi connectivity index (χ1n) is 13.7. The molecule has 1 fully saturated rings. The van der Waals surface area contributed by atoms with E-state index in [0.29, 0.717) is 5.92 Å². The molecule has 0 saturated heterocycles.